The summed E-state index contributed by atoms with van der Waals surface area (Å²) in [5.74, 6) is -3.05. The monoisotopic (exact) mass is 593 g/mol. The third-order valence-electron chi connectivity index (χ3n) is 6.66. The molecule has 1 N–H and O–H groups in total. The van der Waals surface area contributed by atoms with Gasteiger partial charge in [0.2, 0.25) is 0 Å². The van der Waals surface area contributed by atoms with Gasteiger partial charge in [-0.1, -0.05) is 49.4 Å². The van der Waals surface area contributed by atoms with E-state index in [2.05, 4.69) is 19.1 Å². The molecular weight excluding hydrogens is 557 g/mol. The van der Waals surface area contributed by atoms with Gasteiger partial charge in [-0.2, -0.15) is 33.7 Å². The van der Waals surface area contributed by atoms with Crippen molar-refractivity contribution in [1.29, 1.82) is 0 Å². The van der Waals surface area contributed by atoms with Crippen LogP contribution in [0.5, 0.6) is 11.5 Å². The quantitative estimate of drug-likeness (QED) is 0.115. The summed E-state index contributed by atoms with van der Waals surface area (Å²) in [5, 5.41) is 9.96. The van der Waals surface area contributed by atoms with E-state index in [1.807, 2.05) is 67.4 Å². The minimum Gasteiger partial charge on any atom is -0.508 e. The zero-order chi connectivity index (χ0) is 30.0. The molecule has 0 aliphatic rings. The fourth-order valence-electron chi connectivity index (χ4n) is 4.54. The topological polar surface area (TPSA) is 32.7 Å². The molecule has 3 nitrogen and oxygen atoms in total. The minimum atomic E-state index is -5.51. The molecule has 3 aromatic carbocycles. The molecule has 0 bridgehead atoms. The number of benzene rings is 3. The van der Waals surface area contributed by atoms with Crippen LogP contribution in [-0.2, 0) is 0 Å². The van der Waals surface area contributed by atoms with Crippen molar-refractivity contribution in [3.8, 4) is 11.5 Å². The summed E-state index contributed by atoms with van der Waals surface area (Å²) in [4.78, 5) is 2.05. The Labute approximate surface area is 243 Å². The number of anilines is 1. The standard InChI is InChI=1S/C32H36F5NO2S/c1-4-27(23-10-7-6-8-11-23)30(24-12-14-25(39)15-13-24)28-17-16-26(40-5-2)22-29(28)38(3)19-21-41-20-9-18-31(33,34)32(35,36)37/h6-8,10-17,22,39H,4-5,9,18-21H2,1-3H3. The summed E-state index contributed by atoms with van der Waals surface area (Å²) in [6, 6.07) is 23.1. The van der Waals surface area contributed by atoms with Crippen LogP contribution in [0.3, 0.4) is 0 Å². The van der Waals surface area contributed by atoms with Crippen LogP contribution in [0, 0.1) is 0 Å². The second-order valence-corrected chi connectivity index (χ2v) is 10.8. The highest BCUT2D eigenvalue weighted by Crippen LogP contribution is 2.41. The lowest BCUT2D eigenvalue weighted by Crippen LogP contribution is -2.36. The second-order valence-electron chi connectivity index (χ2n) is 9.57. The van der Waals surface area contributed by atoms with E-state index in [4.69, 9.17) is 4.74 Å². The predicted octanol–water partition coefficient (Wildman–Crippen LogP) is 9.31. The first-order valence-corrected chi connectivity index (χ1v) is 14.7. The van der Waals surface area contributed by atoms with Gasteiger partial charge in [0.25, 0.3) is 0 Å². The SMILES string of the molecule is CCOc1ccc(C(=C(CC)c2ccccc2)c2ccc(O)cc2)c(N(C)CCSCCCC(F)(F)C(F)(F)F)c1. The number of phenolic OH excluding ortho intramolecular Hbond substituents is 1. The molecule has 41 heavy (non-hydrogen) atoms. The lowest BCUT2D eigenvalue weighted by Gasteiger charge is -2.26. The van der Waals surface area contributed by atoms with Crippen molar-refractivity contribution < 1.29 is 31.8 Å². The van der Waals surface area contributed by atoms with Gasteiger partial charge in [0, 0.05) is 43.1 Å². The van der Waals surface area contributed by atoms with Gasteiger partial charge in [-0.05, 0) is 72.1 Å². The normalized spacial score (nSPS) is 12.7. The number of alkyl halides is 5. The van der Waals surface area contributed by atoms with Crippen molar-refractivity contribution in [2.24, 2.45) is 0 Å². The Morgan fingerprint density at radius 1 is 0.878 bits per heavy atom. The zero-order valence-electron chi connectivity index (χ0n) is 23.5. The molecule has 0 heterocycles. The molecule has 0 amide bonds. The Morgan fingerprint density at radius 3 is 2.17 bits per heavy atom. The summed E-state index contributed by atoms with van der Waals surface area (Å²) >= 11 is 1.35. The number of aromatic hydroxyl groups is 1. The highest BCUT2D eigenvalue weighted by atomic mass is 32.2. The average molecular weight is 594 g/mol. The summed E-state index contributed by atoms with van der Waals surface area (Å²) in [6.07, 6.45) is -6.20. The first-order valence-electron chi connectivity index (χ1n) is 13.6. The van der Waals surface area contributed by atoms with Crippen LogP contribution in [0.15, 0.2) is 72.8 Å². The Hall–Kier alpha value is -3.20. The fraction of sp³-hybridized carbons (Fsp3) is 0.375. The Balaban J connectivity index is 1.93. The summed E-state index contributed by atoms with van der Waals surface area (Å²) in [5.41, 5.74) is 5.98. The molecule has 0 aliphatic heterocycles. The van der Waals surface area contributed by atoms with E-state index in [1.165, 1.54) is 11.8 Å². The van der Waals surface area contributed by atoms with Gasteiger partial charge >= 0.3 is 12.1 Å². The van der Waals surface area contributed by atoms with Gasteiger partial charge in [-0.3, -0.25) is 0 Å². The number of hydrogen-bond donors (Lipinski definition) is 1. The summed E-state index contributed by atoms with van der Waals surface area (Å²) < 4.78 is 69.5. The molecule has 0 saturated heterocycles. The molecule has 3 aromatic rings. The van der Waals surface area contributed by atoms with E-state index in [9.17, 15) is 27.1 Å². The number of hydrogen-bond acceptors (Lipinski definition) is 4. The summed E-state index contributed by atoms with van der Waals surface area (Å²) in [6.45, 7) is 5.03. The van der Waals surface area contributed by atoms with Crippen LogP contribution < -0.4 is 9.64 Å². The predicted molar refractivity (Wildman–Crippen MR) is 159 cm³/mol. The van der Waals surface area contributed by atoms with Gasteiger partial charge in [-0.25, -0.2) is 0 Å². The van der Waals surface area contributed by atoms with Crippen molar-refractivity contribution >= 4 is 28.6 Å². The van der Waals surface area contributed by atoms with E-state index >= 15 is 0 Å². The average Bonchev–Trinajstić information content (AvgIpc) is 2.94. The van der Waals surface area contributed by atoms with E-state index in [1.54, 1.807) is 12.1 Å². The molecule has 9 heteroatoms. The van der Waals surface area contributed by atoms with Crippen molar-refractivity contribution in [1.82, 2.24) is 0 Å². The van der Waals surface area contributed by atoms with Crippen molar-refractivity contribution in [3.63, 3.8) is 0 Å². The number of rotatable bonds is 14. The largest absolute Gasteiger partial charge is 0.508 e. The number of nitrogens with zero attached hydrogens (tertiary/aromatic N) is 1. The molecule has 0 fully saturated rings. The van der Waals surface area contributed by atoms with Crippen LogP contribution in [0.25, 0.3) is 11.1 Å². The lowest BCUT2D eigenvalue weighted by molar-refractivity contribution is -0.284. The number of ether oxygens (including phenoxy) is 1. The third-order valence-corrected chi connectivity index (χ3v) is 7.71. The second kappa shape index (κ2) is 14.6. The van der Waals surface area contributed by atoms with Crippen LogP contribution in [0.1, 0.15) is 49.8 Å². The maximum absolute atomic E-state index is 13.2. The van der Waals surface area contributed by atoms with Crippen molar-refractivity contribution in [2.75, 3.05) is 36.6 Å². The molecule has 0 aromatic heterocycles. The van der Waals surface area contributed by atoms with Gasteiger partial charge < -0.3 is 14.7 Å². The Bertz CT molecular complexity index is 1280. The van der Waals surface area contributed by atoms with Gasteiger partial charge in [0.05, 0.1) is 6.61 Å². The minimum absolute atomic E-state index is 0.167. The lowest BCUT2D eigenvalue weighted by atomic mass is 9.87. The molecule has 0 atom stereocenters. The van der Waals surface area contributed by atoms with E-state index < -0.39 is 18.5 Å². The smallest absolute Gasteiger partial charge is 0.453 e. The molecule has 222 valence electrons. The maximum atomic E-state index is 13.2. The first kappa shape index (κ1) is 32.3. The molecule has 0 saturated carbocycles. The van der Waals surface area contributed by atoms with Gasteiger partial charge in [0.15, 0.2) is 0 Å². The van der Waals surface area contributed by atoms with Crippen LogP contribution in [-0.4, -0.2) is 48.9 Å². The molecule has 0 unspecified atom stereocenters. The number of phenols is 1. The highest BCUT2D eigenvalue weighted by Gasteiger charge is 2.56. The van der Waals surface area contributed by atoms with Crippen molar-refractivity contribution in [3.05, 3.63) is 89.5 Å². The Morgan fingerprint density at radius 2 is 1.56 bits per heavy atom. The number of halogens is 5. The maximum Gasteiger partial charge on any atom is 0.453 e. The van der Waals surface area contributed by atoms with Gasteiger partial charge in [-0.15, -0.1) is 0 Å². The van der Waals surface area contributed by atoms with Crippen LogP contribution in [0.4, 0.5) is 27.6 Å². The molecule has 0 spiro atoms. The van der Waals surface area contributed by atoms with Crippen molar-refractivity contribution in [2.45, 2.75) is 45.2 Å². The van der Waals surface area contributed by atoms with E-state index in [0.29, 0.717) is 24.7 Å². The third kappa shape index (κ3) is 8.64. The number of thioether (sulfide) groups is 1. The highest BCUT2D eigenvalue weighted by molar-refractivity contribution is 7.99. The zero-order valence-corrected chi connectivity index (χ0v) is 24.3. The molecular formula is C32H36F5NO2S. The summed E-state index contributed by atoms with van der Waals surface area (Å²) in [7, 11) is 1.93. The van der Waals surface area contributed by atoms with Gasteiger partial charge in [0.1, 0.15) is 11.5 Å². The first-order chi connectivity index (χ1) is 19.5. The van der Waals surface area contributed by atoms with E-state index in [0.717, 1.165) is 39.9 Å². The van der Waals surface area contributed by atoms with Crippen LogP contribution in [0.2, 0.25) is 0 Å². The van der Waals surface area contributed by atoms with Crippen LogP contribution >= 0.6 is 11.8 Å². The fourth-order valence-corrected chi connectivity index (χ4v) is 5.50. The molecule has 0 radical (unpaired) electrons. The number of allylic oxidation sites excluding steroid dienone is 1. The molecule has 3 rings (SSSR count). The Kier molecular flexibility index (Phi) is 11.5. The van der Waals surface area contributed by atoms with E-state index in [-0.39, 0.29) is 17.9 Å². The molecule has 0 aliphatic carbocycles.